The SMILES string of the molecule is CC(C)Cc1cc(Cl)nc(C(C)S(C)(=O)=O)n1. The molecule has 4 nitrogen and oxygen atoms in total. The molecule has 0 saturated carbocycles. The Morgan fingerprint density at radius 3 is 2.35 bits per heavy atom. The number of nitrogens with zero attached hydrogens (tertiary/aromatic N) is 2. The lowest BCUT2D eigenvalue weighted by atomic mass is 10.1. The van der Waals surface area contributed by atoms with E-state index in [0.29, 0.717) is 11.1 Å². The molecular weight excluding hydrogens is 260 g/mol. The second-order valence-electron chi connectivity index (χ2n) is 4.61. The third-order valence-electron chi connectivity index (χ3n) is 2.39. The highest BCUT2D eigenvalue weighted by atomic mass is 35.5. The minimum absolute atomic E-state index is 0.274. The van der Waals surface area contributed by atoms with Crippen LogP contribution in [0, 0.1) is 5.92 Å². The van der Waals surface area contributed by atoms with E-state index in [1.54, 1.807) is 13.0 Å². The van der Waals surface area contributed by atoms with Gasteiger partial charge in [0.1, 0.15) is 16.2 Å². The molecule has 0 radical (unpaired) electrons. The molecule has 0 aromatic carbocycles. The Kier molecular flexibility index (Phi) is 4.49. The van der Waals surface area contributed by atoms with E-state index in [-0.39, 0.29) is 5.82 Å². The maximum Gasteiger partial charge on any atom is 0.157 e. The molecule has 6 heteroatoms. The maximum absolute atomic E-state index is 11.5. The molecule has 1 heterocycles. The fourth-order valence-electron chi connectivity index (χ4n) is 1.38. The Morgan fingerprint density at radius 2 is 1.88 bits per heavy atom. The Labute approximate surface area is 107 Å². The molecule has 0 N–H and O–H groups in total. The highest BCUT2D eigenvalue weighted by Gasteiger charge is 2.21. The van der Waals surface area contributed by atoms with Crippen LogP contribution in [0.4, 0.5) is 0 Å². The number of sulfone groups is 1. The fraction of sp³-hybridized carbons (Fsp3) is 0.636. The minimum Gasteiger partial charge on any atom is -0.236 e. The van der Waals surface area contributed by atoms with Crippen LogP contribution in [-0.4, -0.2) is 24.6 Å². The van der Waals surface area contributed by atoms with Crippen molar-refractivity contribution in [2.45, 2.75) is 32.4 Å². The van der Waals surface area contributed by atoms with Gasteiger partial charge in [-0.15, -0.1) is 0 Å². The summed E-state index contributed by atoms with van der Waals surface area (Å²) in [4.78, 5) is 8.25. The van der Waals surface area contributed by atoms with Crippen LogP contribution in [0.25, 0.3) is 0 Å². The lowest BCUT2D eigenvalue weighted by Crippen LogP contribution is -2.13. The lowest BCUT2D eigenvalue weighted by Gasteiger charge is -2.11. The first-order chi connectivity index (χ1) is 7.70. The van der Waals surface area contributed by atoms with Gasteiger partial charge in [-0.1, -0.05) is 25.4 Å². The van der Waals surface area contributed by atoms with E-state index in [1.165, 1.54) is 6.26 Å². The molecule has 0 aliphatic heterocycles. The summed E-state index contributed by atoms with van der Waals surface area (Å²) in [7, 11) is -3.20. The number of halogens is 1. The van der Waals surface area contributed by atoms with E-state index in [0.717, 1.165) is 12.1 Å². The highest BCUT2D eigenvalue weighted by Crippen LogP contribution is 2.20. The van der Waals surface area contributed by atoms with E-state index in [1.807, 2.05) is 0 Å². The van der Waals surface area contributed by atoms with Gasteiger partial charge >= 0.3 is 0 Å². The van der Waals surface area contributed by atoms with Crippen LogP contribution in [0.15, 0.2) is 6.07 Å². The van der Waals surface area contributed by atoms with Crippen LogP contribution >= 0.6 is 11.6 Å². The largest absolute Gasteiger partial charge is 0.236 e. The summed E-state index contributed by atoms with van der Waals surface area (Å²) in [5.41, 5.74) is 0.783. The van der Waals surface area contributed by atoms with Gasteiger partial charge < -0.3 is 0 Å². The van der Waals surface area contributed by atoms with Crippen LogP contribution in [-0.2, 0) is 16.3 Å². The Hall–Kier alpha value is -0.680. The summed E-state index contributed by atoms with van der Waals surface area (Å²) in [5.74, 6) is 0.706. The van der Waals surface area contributed by atoms with Gasteiger partial charge in [-0.25, -0.2) is 18.4 Å². The Bertz CT molecular complexity index is 500. The predicted octanol–water partition coefficient (Wildman–Crippen LogP) is 2.43. The van der Waals surface area contributed by atoms with Gasteiger partial charge in [0.15, 0.2) is 9.84 Å². The van der Waals surface area contributed by atoms with Crippen molar-refractivity contribution in [1.29, 1.82) is 0 Å². The fourth-order valence-corrected chi connectivity index (χ4v) is 2.08. The Morgan fingerprint density at radius 1 is 1.29 bits per heavy atom. The van der Waals surface area contributed by atoms with Gasteiger partial charge in [-0.2, -0.15) is 0 Å². The Balaban J connectivity index is 3.13. The zero-order chi connectivity index (χ0) is 13.2. The third-order valence-corrected chi connectivity index (χ3v) is 4.08. The molecule has 0 fully saturated rings. The van der Waals surface area contributed by atoms with Crippen LogP contribution in [0.5, 0.6) is 0 Å². The first-order valence-corrected chi connectivity index (χ1v) is 7.75. The standard InChI is InChI=1S/C11H17ClN2O2S/c1-7(2)5-9-6-10(12)14-11(13-9)8(3)17(4,15)16/h6-8H,5H2,1-4H3. The van der Waals surface area contributed by atoms with E-state index in [2.05, 4.69) is 23.8 Å². The summed E-state index contributed by atoms with van der Waals surface area (Å²) in [5, 5.41) is -0.437. The molecule has 1 aromatic heterocycles. The molecule has 17 heavy (non-hydrogen) atoms. The summed E-state index contributed by atoms with van der Waals surface area (Å²) in [6, 6.07) is 1.68. The lowest BCUT2D eigenvalue weighted by molar-refractivity contribution is 0.587. The van der Waals surface area contributed by atoms with E-state index in [4.69, 9.17) is 11.6 Å². The van der Waals surface area contributed by atoms with Gasteiger partial charge in [-0.3, -0.25) is 0 Å². The first kappa shape index (κ1) is 14.4. The van der Waals surface area contributed by atoms with Crippen LogP contribution in [0.1, 0.15) is 37.5 Å². The summed E-state index contributed by atoms with van der Waals surface area (Å²) in [6.45, 7) is 5.70. The summed E-state index contributed by atoms with van der Waals surface area (Å²) >= 11 is 5.88. The van der Waals surface area contributed by atoms with Crippen LogP contribution < -0.4 is 0 Å². The van der Waals surface area contributed by atoms with Gasteiger partial charge in [0, 0.05) is 11.9 Å². The van der Waals surface area contributed by atoms with Crippen molar-refractivity contribution >= 4 is 21.4 Å². The monoisotopic (exact) mass is 276 g/mol. The second kappa shape index (κ2) is 5.31. The number of rotatable bonds is 4. The first-order valence-electron chi connectivity index (χ1n) is 5.42. The normalized spacial score (nSPS) is 14.0. The number of hydrogen-bond donors (Lipinski definition) is 0. The summed E-state index contributed by atoms with van der Waals surface area (Å²) < 4.78 is 22.9. The van der Waals surface area contributed by atoms with Crippen molar-refractivity contribution in [3.8, 4) is 0 Å². The van der Waals surface area contributed by atoms with Crippen molar-refractivity contribution in [2.24, 2.45) is 5.92 Å². The molecule has 0 bridgehead atoms. The van der Waals surface area contributed by atoms with Crippen molar-refractivity contribution in [1.82, 2.24) is 9.97 Å². The molecule has 1 aromatic rings. The molecular formula is C11H17ClN2O2S. The van der Waals surface area contributed by atoms with Crippen LogP contribution in [0.3, 0.4) is 0 Å². The third kappa shape index (κ3) is 4.24. The molecule has 1 unspecified atom stereocenters. The van der Waals surface area contributed by atoms with Gasteiger partial charge in [0.05, 0.1) is 0 Å². The van der Waals surface area contributed by atoms with Crippen molar-refractivity contribution < 1.29 is 8.42 Å². The summed E-state index contributed by atoms with van der Waals surface area (Å²) in [6.07, 6.45) is 1.93. The van der Waals surface area contributed by atoms with Gasteiger partial charge in [-0.05, 0) is 25.3 Å². The highest BCUT2D eigenvalue weighted by molar-refractivity contribution is 7.90. The molecule has 96 valence electrons. The van der Waals surface area contributed by atoms with Crippen LogP contribution in [0.2, 0.25) is 5.15 Å². The zero-order valence-electron chi connectivity index (χ0n) is 10.4. The maximum atomic E-state index is 11.5. The average molecular weight is 277 g/mol. The van der Waals surface area contributed by atoms with Gasteiger partial charge in [0.25, 0.3) is 0 Å². The minimum atomic E-state index is -3.20. The van der Waals surface area contributed by atoms with Gasteiger partial charge in [0.2, 0.25) is 0 Å². The van der Waals surface area contributed by atoms with Crippen molar-refractivity contribution in [2.75, 3.05) is 6.26 Å². The molecule has 0 amide bonds. The molecule has 0 aliphatic rings. The molecule has 0 spiro atoms. The average Bonchev–Trinajstić information content (AvgIpc) is 2.12. The number of hydrogen-bond acceptors (Lipinski definition) is 4. The molecule has 0 aliphatic carbocycles. The smallest absolute Gasteiger partial charge is 0.157 e. The topological polar surface area (TPSA) is 59.9 Å². The molecule has 1 atom stereocenters. The van der Waals surface area contributed by atoms with E-state index in [9.17, 15) is 8.42 Å². The zero-order valence-corrected chi connectivity index (χ0v) is 12.0. The predicted molar refractivity (Wildman–Crippen MR) is 68.8 cm³/mol. The van der Waals surface area contributed by atoms with Crippen molar-refractivity contribution in [3.63, 3.8) is 0 Å². The van der Waals surface area contributed by atoms with E-state index >= 15 is 0 Å². The molecule has 0 saturated heterocycles. The van der Waals surface area contributed by atoms with E-state index < -0.39 is 15.1 Å². The van der Waals surface area contributed by atoms with Crippen molar-refractivity contribution in [3.05, 3.63) is 22.7 Å². The second-order valence-corrected chi connectivity index (χ2v) is 7.36. The quantitative estimate of drug-likeness (QED) is 0.793. The molecule has 1 rings (SSSR count). The number of aromatic nitrogens is 2.